The van der Waals surface area contributed by atoms with Crippen LogP contribution in [0.2, 0.25) is 0 Å². The fourth-order valence-electron chi connectivity index (χ4n) is 1.57. The van der Waals surface area contributed by atoms with Crippen LogP contribution >= 0.6 is 0 Å². The molecule has 1 saturated heterocycles. The Morgan fingerprint density at radius 1 is 1.07 bits per heavy atom. The first kappa shape index (κ1) is 10.7. The predicted molar refractivity (Wildman–Crippen MR) is 59.2 cm³/mol. The Hall–Kier alpha value is -0.860. The molecule has 2 heteroatoms. The molecule has 15 heavy (non-hydrogen) atoms. The van der Waals surface area contributed by atoms with E-state index in [0.717, 1.165) is 5.56 Å². The first-order chi connectivity index (χ1) is 7.02. The molecule has 0 aromatic heterocycles. The average molecular weight is 205 g/mol. The SMILES string of the molecule is [CH2]C1(c2ccccc2)OCC(C)(C)CO1. The van der Waals surface area contributed by atoms with Gasteiger partial charge in [0.25, 0.3) is 0 Å². The topological polar surface area (TPSA) is 18.5 Å². The molecule has 1 aromatic carbocycles. The van der Waals surface area contributed by atoms with Gasteiger partial charge in [-0.05, 0) is 0 Å². The lowest BCUT2D eigenvalue weighted by Gasteiger charge is -2.41. The van der Waals surface area contributed by atoms with Crippen LogP contribution in [0.3, 0.4) is 0 Å². The number of benzene rings is 1. The molecule has 0 bridgehead atoms. The fourth-order valence-corrected chi connectivity index (χ4v) is 1.57. The van der Waals surface area contributed by atoms with Crippen molar-refractivity contribution in [1.29, 1.82) is 0 Å². The van der Waals surface area contributed by atoms with Crippen molar-refractivity contribution < 1.29 is 9.47 Å². The van der Waals surface area contributed by atoms with Gasteiger partial charge in [0.05, 0.1) is 13.2 Å². The summed E-state index contributed by atoms with van der Waals surface area (Å²) in [5, 5.41) is 0. The summed E-state index contributed by atoms with van der Waals surface area (Å²) in [5.74, 6) is -0.823. The van der Waals surface area contributed by atoms with Gasteiger partial charge in [-0.3, -0.25) is 0 Å². The van der Waals surface area contributed by atoms with E-state index < -0.39 is 5.79 Å². The lowest BCUT2D eigenvalue weighted by atomic mass is 9.94. The van der Waals surface area contributed by atoms with Gasteiger partial charge in [-0.25, -0.2) is 0 Å². The molecule has 2 rings (SSSR count). The molecule has 1 aliphatic rings. The molecule has 81 valence electrons. The molecule has 0 unspecified atom stereocenters. The van der Waals surface area contributed by atoms with Gasteiger partial charge < -0.3 is 9.47 Å². The maximum atomic E-state index is 5.73. The first-order valence-corrected chi connectivity index (χ1v) is 5.21. The second-order valence-electron chi connectivity index (χ2n) is 4.86. The molecule has 1 aliphatic heterocycles. The average Bonchev–Trinajstić information content (AvgIpc) is 2.24. The molecule has 1 aromatic rings. The zero-order valence-electron chi connectivity index (χ0n) is 9.32. The zero-order valence-corrected chi connectivity index (χ0v) is 9.32. The van der Waals surface area contributed by atoms with Gasteiger partial charge in [0, 0.05) is 17.9 Å². The van der Waals surface area contributed by atoms with E-state index in [9.17, 15) is 0 Å². The third kappa shape index (κ3) is 2.21. The molecule has 1 heterocycles. The largest absolute Gasteiger partial charge is 0.345 e. The van der Waals surface area contributed by atoms with E-state index in [-0.39, 0.29) is 5.41 Å². The van der Waals surface area contributed by atoms with Crippen molar-refractivity contribution in [2.75, 3.05) is 13.2 Å². The number of ether oxygens (including phenoxy) is 2. The highest BCUT2D eigenvalue weighted by Gasteiger charge is 2.38. The zero-order chi connectivity index (χ0) is 10.9. The summed E-state index contributed by atoms with van der Waals surface area (Å²) < 4.78 is 11.5. The number of rotatable bonds is 1. The second-order valence-corrected chi connectivity index (χ2v) is 4.86. The summed E-state index contributed by atoms with van der Waals surface area (Å²) in [4.78, 5) is 0. The van der Waals surface area contributed by atoms with Crippen LogP contribution in [0.5, 0.6) is 0 Å². The Kier molecular flexibility index (Phi) is 2.57. The van der Waals surface area contributed by atoms with E-state index in [1.54, 1.807) is 0 Å². The quantitative estimate of drug-likeness (QED) is 0.702. The molecule has 0 N–H and O–H groups in total. The van der Waals surface area contributed by atoms with Gasteiger partial charge in [0.2, 0.25) is 0 Å². The van der Waals surface area contributed by atoms with Gasteiger partial charge in [-0.15, -0.1) is 0 Å². The van der Waals surface area contributed by atoms with Crippen molar-refractivity contribution in [3.05, 3.63) is 42.8 Å². The van der Waals surface area contributed by atoms with E-state index in [0.29, 0.717) is 13.2 Å². The highest BCUT2D eigenvalue weighted by molar-refractivity contribution is 5.21. The lowest BCUT2D eigenvalue weighted by molar-refractivity contribution is -0.282. The first-order valence-electron chi connectivity index (χ1n) is 5.21. The normalized spacial score (nSPS) is 23.7. The molecule has 0 spiro atoms. The Morgan fingerprint density at radius 3 is 2.13 bits per heavy atom. The molecule has 0 aliphatic carbocycles. The van der Waals surface area contributed by atoms with E-state index in [2.05, 4.69) is 20.8 Å². The summed E-state index contributed by atoms with van der Waals surface area (Å²) in [6, 6.07) is 9.86. The van der Waals surface area contributed by atoms with Crippen molar-refractivity contribution in [2.24, 2.45) is 5.41 Å². The molecule has 0 amide bonds. The Morgan fingerprint density at radius 2 is 1.60 bits per heavy atom. The Balaban J connectivity index is 2.17. The highest BCUT2D eigenvalue weighted by Crippen LogP contribution is 2.35. The molecular formula is C13H17O2. The second kappa shape index (κ2) is 3.62. The third-order valence-corrected chi connectivity index (χ3v) is 2.61. The van der Waals surface area contributed by atoms with Crippen LogP contribution in [-0.4, -0.2) is 13.2 Å². The predicted octanol–water partition coefficient (Wildman–Crippen LogP) is 2.75. The Bertz CT molecular complexity index is 320. The van der Waals surface area contributed by atoms with Crippen LogP contribution in [0.25, 0.3) is 0 Å². The maximum absolute atomic E-state index is 5.73. The summed E-state index contributed by atoms with van der Waals surface area (Å²) >= 11 is 0. The standard InChI is InChI=1S/C13H17O2/c1-12(2)9-14-13(3,15-10-12)11-7-5-4-6-8-11/h4-8H,3,9-10H2,1-2H3. The summed E-state index contributed by atoms with van der Waals surface area (Å²) in [5.41, 5.74) is 1.05. The van der Waals surface area contributed by atoms with Crippen molar-refractivity contribution in [2.45, 2.75) is 19.6 Å². The van der Waals surface area contributed by atoms with Crippen LogP contribution in [0.4, 0.5) is 0 Å². The Labute approximate surface area is 91.2 Å². The van der Waals surface area contributed by atoms with Gasteiger partial charge in [-0.1, -0.05) is 44.2 Å². The monoisotopic (exact) mass is 205 g/mol. The van der Waals surface area contributed by atoms with Crippen LogP contribution < -0.4 is 0 Å². The third-order valence-electron chi connectivity index (χ3n) is 2.61. The van der Waals surface area contributed by atoms with E-state index >= 15 is 0 Å². The number of hydrogen-bond donors (Lipinski definition) is 0. The molecule has 0 saturated carbocycles. The molecule has 1 fully saturated rings. The van der Waals surface area contributed by atoms with E-state index in [1.807, 2.05) is 30.3 Å². The van der Waals surface area contributed by atoms with Crippen LogP contribution in [0.1, 0.15) is 19.4 Å². The summed E-state index contributed by atoms with van der Waals surface area (Å²) in [6.07, 6.45) is 0. The minimum atomic E-state index is -0.823. The smallest absolute Gasteiger partial charge is 0.195 e. The van der Waals surface area contributed by atoms with Gasteiger partial charge >= 0.3 is 0 Å². The molecule has 2 nitrogen and oxygen atoms in total. The number of hydrogen-bond acceptors (Lipinski definition) is 2. The minimum absolute atomic E-state index is 0.0793. The minimum Gasteiger partial charge on any atom is -0.345 e. The van der Waals surface area contributed by atoms with Crippen LogP contribution in [0.15, 0.2) is 30.3 Å². The van der Waals surface area contributed by atoms with Crippen molar-refractivity contribution in [1.82, 2.24) is 0 Å². The van der Waals surface area contributed by atoms with E-state index in [1.165, 1.54) is 0 Å². The molecular weight excluding hydrogens is 188 g/mol. The molecule has 0 atom stereocenters. The van der Waals surface area contributed by atoms with Crippen LogP contribution in [0, 0.1) is 12.3 Å². The lowest BCUT2D eigenvalue weighted by Crippen LogP contribution is -2.43. The van der Waals surface area contributed by atoms with E-state index in [4.69, 9.17) is 9.47 Å². The summed E-state index contributed by atoms with van der Waals surface area (Å²) in [6.45, 7) is 9.61. The van der Waals surface area contributed by atoms with Gasteiger partial charge in [-0.2, -0.15) is 0 Å². The highest BCUT2D eigenvalue weighted by atomic mass is 16.7. The molecule has 1 radical (unpaired) electrons. The van der Waals surface area contributed by atoms with Gasteiger partial charge in [0.1, 0.15) is 0 Å². The van der Waals surface area contributed by atoms with Crippen molar-refractivity contribution in [3.8, 4) is 0 Å². The maximum Gasteiger partial charge on any atom is 0.195 e. The fraction of sp³-hybridized carbons (Fsp3) is 0.462. The van der Waals surface area contributed by atoms with Gasteiger partial charge in [0.15, 0.2) is 5.79 Å². The van der Waals surface area contributed by atoms with Crippen molar-refractivity contribution in [3.63, 3.8) is 0 Å². The summed E-state index contributed by atoms with van der Waals surface area (Å²) in [7, 11) is 0. The van der Waals surface area contributed by atoms with Crippen molar-refractivity contribution >= 4 is 0 Å². The van der Waals surface area contributed by atoms with Crippen LogP contribution in [-0.2, 0) is 15.3 Å².